The molecule has 0 unspecified atom stereocenters. The first-order valence-electron chi connectivity index (χ1n) is 5.23. The highest BCUT2D eigenvalue weighted by atomic mass is 32.2. The van der Waals surface area contributed by atoms with E-state index in [1.807, 2.05) is 0 Å². The monoisotopic (exact) mass is 267 g/mol. The number of hydrogen-bond acceptors (Lipinski definition) is 4. The van der Waals surface area contributed by atoms with E-state index in [9.17, 15) is 8.78 Å². The summed E-state index contributed by atoms with van der Waals surface area (Å²) >= 11 is 1.25. The predicted octanol–water partition coefficient (Wildman–Crippen LogP) is 2.94. The third-order valence-corrected chi connectivity index (χ3v) is 3.33. The van der Waals surface area contributed by atoms with Crippen LogP contribution in [0.5, 0.6) is 0 Å². The number of nitrogens with zero attached hydrogens (tertiary/aromatic N) is 2. The fraction of sp³-hybridized carbons (Fsp3) is 0.167. The second-order valence-corrected chi connectivity index (χ2v) is 4.66. The highest BCUT2D eigenvalue weighted by Gasteiger charge is 2.09. The number of anilines is 1. The van der Waals surface area contributed by atoms with Crippen LogP contribution >= 0.6 is 11.8 Å². The number of benzene rings is 1. The third-order valence-electron chi connectivity index (χ3n) is 2.28. The van der Waals surface area contributed by atoms with Crippen molar-refractivity contribution in [3.63, 3.8) is 0 Å². The smallest absolute Gasteiger partial charge is 0.186 e. The van der Waals surface area contributed by atoms with Gasteiger partial charge >= 0.3 is 0 Å². The Balaban J connectivity index is 2.14. The van der Waals surface area contributed by atoms with Crippen molar-refractivity contribution in [3.8, 4) is 0 Å². The molecule has 2 rings (SSSR count). The topological polar surface area (TPSA) is 51.8 Å². The van der Waals surface area contributed by atoms with Gasteiger partial charge in [-0.2, -0.15) is 0 Å². The van der Waals surface area contributed by atoms with Crippen LogP contribution in [0.3, 0.4) is 0 Å². The molecule has 0 aliphatic heterocycles. The van der Waals surface area contributed by atoms with Gasteiger partial charge in [-0.3, -0.25) is 0 Å². The first-order valence-corrected chi connectivity index (χ1v) is 6.22. The first-order chi connectivity index (χ1) is 8.58. The van der Waals surface area contributed by atoms with Crippen molar-refractivity contribution >= 4 is 17.6 Å². The van der Waals surface area contributed by atoms with Crippen molar-refractivity contribution in [1.82, 2.24) is 9.97 Å². The molecule has 18 heavy (non-hydrogen) atoms. The Labute approximate surface area is 107 Å². The number of nitrogen functional groups attached to an aromatic ring is 1. The average Bonchev–Trinajstić information content (AvgIpc) is 2.35. The third kappa shape index (κ3) is 2.76. The molecule has 1 heterocycles. The highest BCUT2D eigenvalue weighted by Crippen LogP contribution is 2.24. The van der Waals surface area contributed by atoms with E-state index in [-0.39, 0.29) is 17.3 Å². The van der Waals surface area contributed by atoms with Crippen molar-refractivity contribution in [2.24, 2.45) is 0 Å². The largest absolute Gasteiger partial charge is 0.381 e. The highest BCUT2D eigenvalue weighted by molar-refractivity contribution is 7.98. The molecular weight excluding hydrogens is 256 g/mol. The van der Waals surface area contributed by atoms with Gasteiger partial charge in [-0.1, -0.05) is 12.1 Å². The molecule has 3 nitrogen and oxygen atoms in total. The van der Waals surface area contributed by atoms with Gasteiger partial charge in [0.1, 0.15) is 11.6 Å². The molecule has 0 saturated carbocycles. The molecule has 0 aliphatic carbocycles. The van der Waals surface area contributed by atoms with Gasteiger partial charge in [0.05, 0.1) is 11.4 Å². The number of rotatable bonds is 3. The molecule has 0 aliphatic rings. The summed E-state index contributed by atoms with van der Waals surface area (Å²) in [4.78, 5) is 8.30. The summed E-state index contributed by atoms with van der Waals surface area (Å²) in [5, 5.41) is 0. The van der Waals surface area contributed by atoms with Crippen LogP contribution in [-0.2, 0) is 5.75 Å². The van der Waals surface area contributed by atoms with Crippen LogP contribution < -0.4 is 5.73 Å². The molecule has 2 N–H and O–H groups in total. The molecule has 0 atom stereocenters. The van der Waals surface area contributed by atoms with E-state index >= 15 is 0 Å². The number of aryl methyl sites for hydroxylation is 1. The maximum Gasteiger partial charge on any atom is 0.186 e. The summed E-state index contributed by atoms with van der Waals surface area (Å²) in [6, 6.07) is 6.42. The Kier molecular flexibility index (Phi) is 3.76. The average molecular weight is 267 g/mol. The van der Waals surface area contributed by atoms with Crippen LogP contribution in [0.25, 0.3) is 0 Å². The van der Waals surface area contributed by atoms with Gasteiger partial charge in [0.25, 0.3) is 0 Å². The normalized spacial score (nSPS) is 10.6. The lowest BCUT2D eigenvalue weighted by Crippen LogP contribution is -2.04. The second kappa shape index (κ2) is 5.30. The maximum atomic E-state index is 13.4. The summed E-state index contributed by atoms with van der Waals surface area (Å²) in [5.74, 6) is -0.345. The zero-order valence-corrected chi connectivity index (χ0v) is 10.5. The fourth-order valence-electron chi connectivity index (χ4n) is 1.41. The number of aromatic nitrogens is 2. The molecule has 0 fully saturated rings. The van der Waals surface area contributed by atoms with E-state index in [2.05, 4.69) is 9.97 Å². The number of hydrogen-bond donors (Lipinski definition) is 1. The molecule has 0 saturated heterocycles. The van der Waals surface area contributed by atoms with Crippen molar-refractivity contribution in [2.45, 2.75) is 17.6 Å². The van der Waals surface area contributed by atoms with Gasteiger partial charge in [-0.15, -0.1) is 11.8 Å². The molecule has 94 valence electrons. The van der Waals surface area contributed by atoms with Gasteiger partial charge in [-0.05, 0) is 19.1 Å². The van der Waals surface area contributed by atoms with Crippen LogP contribution in [-0.4, -0.2) is 9.97 Å². The zero-order chi connectivity index (χ0) is 13.1. The van der Waals surface area contributed by atoms with Gasteiger partial charge in [0.2, 0.25) is 0 Å². The molecule has 6 heteroatoms. The molecule has 0 amide bonds. The standard InChI is InChI=1S/C12H11F2N3S/c1-7-11(14)12(15)17-10(16-7)6-18-9-5-3-2-4-8(9)13/h2-5H,6H2,1H3,(H2,15,16,17). The summed E-state index contributed by atoms with van der Waals surface area (Å²) in [6.45, 7) is 1.52. The second-order valence-electron chi connectivity index (χ2n) is 3.64. The van der Waals surface area contributed by atoms with Crippen LogP contribution in [0, 0.1) is 18.6 Å². The SMILES string of the molecule is Cc1nc(CSc2ccccc2F)nc(N)c1F. The zero-order valence-electron chi connectivity index (χ0n) is 9.65. The van der Waals surface area contributed by atoms with Crippen molar-refractivity contribution in [3.05, 3.63) is 47.4 Å². The van der Waals surface area contributed by atoms with Gasteiger partial charge < -0.3 is 5.73 Å². The molecular formula is C12H11F2N3S. The summed E-state index contributed by atoms with van der Waals surface area (Å²) in [7, 11) is 0. The molecule has 1 aromatic heterocycles. The van der Waals surface area contributed by atoms with Crippen molar-refractivity contribution in [1.29, 1.82) is 0 Å². The Bertz CT molecular complexity index is 552. The van der Waals surface area contributed by atoms with E-state index < -0.39 is 5.82 Å². The maximum absolute atomic E-state index is 13.4. The molecule has 1 aromatic carbocycles. The van der Waals surface area contributed by atoms with E-state index in [0.29, 0.717) is 16.5 Å². The Morgan fingerprint density at radius 1 is 1.22 bits per heavy atom. The van der Waals surface area contributed by atoms with Crippen molar-refractivity contribution < 1.29 is 8.78 Å². The molecule has 2 aromatic rings. The van der Waals surface area contributed by atoms with Crippen molar-refractivity contribution in [2.75, 3.05) is 5.73 Å². The molecule has 0 radical (unpaired) electrons. The lowest BCUT2D eigenvalue weighted by Gasteiger charge is -2.05. The summed E-state index contributed by atoms with van der Waals surface area (Å²) < 4.78 is 26.6. The van der Waals surface area contributed by atoms with Crippen LogP contribution in [0.4, 0.5) is 14.6 Å². The first kappa shape index (κ1) is 12.8. The molecule has 0 spiro atoms. The minimum atomic E-state index is -0.602. The van der Waals surface area contributed by atoms with Crippen LogP contribution in [0.2, 0.25) is 0 Å². The quantitative estimate of drug-likeness (QED) is 0.869. The fourth-order valence-corrected chi connectivity index (χ4v) is 2.20. The Morgan fingerprint density at radius 3 is 2.61 bits per heavy atom. The van der Waals surface area contributed by atoms with Gasteiger partial charge in [0.15, 0.2) is 11.6 Å². The predicted molar refractivity (Wildman–Crippen MR) is 67.1 cm³/mol. The van der Waals surface area contributed by atoms with Gasteiger partial charge in [-0.25, -0.2) is 18.7 Å². The number of halogens is 2. The van der Waals surface area contributed by atoms with E-state index in [1.54, 1.807) is 18.2 Å². The Morgan fingerprint density at radius 2 is 1.94 bits per heavy atom. The molecule has 0 bridgehead atoms. The number of thioether (sulfide) groups is 1. The minimum absolute atomic E-state index is 0.174. The van der Waals surface area contributed by atoms with E-state index in [0.717, 1.165) is 0 Å². The Hall–Kier alpha value is -1.69. The minimum Gasteiger partial charge on any atom is -0.381 e. The van der Waals surface area contributed by atoms with Crippen LogP contribution in [0.15, 0.2) is 29.2 Å². The number of nitrogens with two attached hydrogens (primary N) is 1. The summed E-state index contributed by atoms with van der Waals surface area (Å²) in [6.07, 6.45) is 0. The van der Waals surface area contributed by atoms with Gasteiger partial charge in [0, 0.05) is 4.90 Å². The lowest BCUT2D eigenvalue weighted by atomic mass is 10.3. The van der Waals surface area contributed by atoms with Crippen LogP contribution in [0.1, 0.15) is 11.5 Å². The van der Waals surface area contributed by atoms with E-state index in [4.69, 9.17) is 5.73 Å². The lowest BCUT2D eigenvalue weighted by molar-refractivity contribution is 0.601. The summed E-state index contributed by atoms with van der Waals surface area (Å²) in [5.41, 5.74) is 5.61. The van der Waals surface area contributed by atoms with E-state index in [1.165, 1.54) is 24.8 Å².